The first kappa shape index (κ1) is 17.3. The van der Waals surface area contributed by atoms with Crippen molar-refractivity contribution in [2.75, 3.05) is 13.6 Å². The van der Waals surface area contributed by atoms with Crippen LogP contribution in [0.4, 0.5) is 0 Å². The fourth-order valence-electron chi connectivity index (χ4n) is 2.76. The standard InChI is InChI=1S/C20H26N2O/c1-16-10-6-4-7-11-17(2)22(15-16)20(19(23)14-21-3)18-12-8-5-9-13-18/h4-9,11-13,15,19-21,23H,2,10,14H2,1,3H3/b6-4-,11-7-,16-15-. The summed E-state index contributed by atoms with van der Waals surface area (Å²) in [7, 11) is 1.85. The van der Waals surface area contributed by atoms with Crippen LogP contribution < -0.4 is 5.32 Å². The number of likely N-dealkylation sites (N-methyl/N-ethyl adjacent to an activating group) is 1. The van der Waals surface area contributed by atoms with Gasteiger partial charge in [0.05, 0.1) is 12.1 Å². The van der Waals surface area contributed by atoms with Crippen molar-refractivity contribution in [3.63, 3.8) is 0 Å². The Morgan fingerprint density at radius 3 is 2.70 bits per heavy atom. The lowest BCUT2D eigenvalue weighted by atomic mass is 9.98. The van der Waals surface area contributed by atoms with Gasteiger partial charge in [0, 0.05) is 18.4 Å². The second-order valence-corrected chi connectivity index (χ2v) is 5.85. The third-order valence-electron chi connectivity index (χ3n) is 3.89. The number of aliphatic hydroxyl groups is 1. The van der Waals surface area contributed by atoms with Gasteiger partial charge < -0.3 is 15.3 Å². The SMILES string of the molecule is C=C1/C=C\C=C/C/C(C)=C\N1C(c1ccccc1)C(O)CNC. The predicted octanol–water partition coefficient (Wildman–Crippen LogP) is 3.54. The average Bonchev–Trinajstić information content (AvgIpc) is 2.61. The lowest BCUT2D eigenvalue weighted by Gasteiger charge is -2.35. The van der Waals surface area contributed by atoms with E-state index in [0.29, 0.717) is 6.54 Å². The van der Waals surface area contributed by atoms with Crippen molar-refractivity contribution in [3.8, 4) is 0 Å². The van der Waals surface area contributed by atoms with E-state index in [9.17, 15) is 5.11 Å². The minimum atomic E-state index is -0.551. The molecule has 0 aliphatic carbocycles. The monoisotopic (exact) mass is 310 g/mol. The van der Waals surface area contributed by atoms with Gasteiger partial charge in [-0.25, -0.2) is 0 Å². The molecule has 0 spiro atoms. The van der Waals surface area contributed by atoms with Crippen LogP contribution in [0.3, 0.4) is 0 Å². The summed E-state index contributed by atoms with van der Waals surface area (Å²) in [6.07, 6.45) is 10.6. The molecule has 1 aliphatic heterocycles. The number of rotatable bonds is 5. The summed E-state index contributed by atoms with van der Waals surface area (Å²) in [4.78, 5) is 2.08. The van der Waals surface area contributed by atoms with E-state index in [2.05, 4.69) is 48.1 Å². The molecule has 0 radical (unpaired) electrons. The highest BCUT2D eigenvalue weighted by Gasteiger charge is 2.27. The summed E-state index contributed by atoms with van der Waals surface area (Å²) in [5, 5.41) is 13.8. The zero-order valence-corrected chi connectivity index (χ0v) is 13.9. The van der Waals surface area contributed by atoms with Crippen LogP contribution in [0, 0.1) is 0 Å². The Hall–Kier alpha value is -2.10. The molecule has 122 valence electrons. The molecule has 0 fully saturated rings. The van der Waals surface area contributed by atoms with Crippen LogP contribution in [-0.4, -0.2) is 29.7 Å². The molecule has 2 unspecified atom stereocenters. The van der Waals surface area contributed by atoms with Crippen LogP contribution in [0.5, 0.6) is 0 Å². The highest BCUT2D eigenvalue weighted by Crippen LogP contribution is 2.30. The summed E-state index contributed by atoms with van der Waals surface area (Å²) in [5.41, 5.74) is 3.16. The van der Waals surface area contributed by atoms with Gasteiger partial charge in [0.1, 0.15) is 0 Å². The predicted molar refractivity (Wildman–Crippen MR) is 96.7 cm³/mol. The maximum atomic E-state index is 10.7. The van der Waals surface area contributed by atoms with Crippen molar-refractivity contribution in [1.82, 2.24) is 10.2 Å². The Morgan fingerprint density at radius 1 is 1.26 bits per heavy atom. The minimum absolute atomic E-state index is 0.186. The Kier molecular flexibility index (Phi) is 6.39. The van der Waals surface area contributed by atoms with Crippen molar-refractivity contribution < 1.29 is 5.11 Å². The van der Waals surface area contributed by atoms with Crippen LogP contribution in [0.25, 0.3) is 0 Å². The topological polar surface area (TPSA) is 35.5 Å². The maximum absolute atomic E-state index is 10.7. The average molecular weight is 310 g/mol. The van der Waals surface area contributed by atoms with Crippen molar-refractivity contribution >= 4 is 0 Å². The number of nitrogens with zero attached hydrogens (tertiary/aromatic N) is 1. The number of hydrogen-bond acceptors (Lipinski definition) is 3. The van der Waals surface area contributed by atoms with E-state index < -0.39 is 6.10 Å². The number of benzene rings is 1. The van der Waals surface area contributed by atoms with Crippen LogP contribution in [0.1, 0.15) is 24.9 Å². The zero-order chi connectivity index (χ0) is 16.7. The van der Waals surface area contributed by atoms with E-state index >= 15 is 0 Å². The lowest BCUT2D eigenvalue weighted by Crippen LogP contribution is -2.38. The van der Waals surface area contributed by atoms with Crippen molar-refractivity contribution in [3.05, 3.63) is 84.2 Å². The van der Waals surface area contributed by atoms with Crippen molar-refractivity contribution in [2.45, 2.75) is 25.5 Å². The van der Waals surface area contributed by atoms with Crippen LogP contribution in [-0.2, 0) is 0 Å². The van der Waals surface area contributed by atoms with Gasteiger partial charge in [0.25, 0.3) is 0 Å². The third-order valence-corrected chi connectivity index (χ3v) is 3.89. The van der Waals surface area contributed by atoms with E-state index in [-0.39, 0.29) is 6.04 Å². The van der Waals surface area contributed by atoms with Crippen LogP contribution in [0.2, 0.25) is 0 Å². The van der Waals surface area contributed by atoms with Crippen molar-refractivity contribution in [2.24, 2.45) is 0 Å². The molecule has 1 aromatic carbocycles. The number of hydrogen-bond donors (Lipinski definition) is 2. The zero-order valence-electron chi connectivity index (χ0n) is 13.9. The smallest absolute Gasteiger partial charge is 0.0912 e. The fraction of sp³-hybridized carbons (Fsp3) is 0.300. The Morgan fingerprint density at radius 2 is 2.00 bits per heavy atom. The molecular weight excluding hydrogens is 284 g/mol. The van der Waals surface area contributed by atoms with E-state index in [0.717, 1.165) is 17.7 Å². The minimum Gasteiger partial charge on any atom is -0.389 e. The molecule has 3 heteroatoms. The Bertz CT molecular complexity index is 601. The van der Waals surface area contributed by atoms with Crippen molar-refractivity contribution in [1.29, 1.82) is 0 Å². The molecule has 0 aromatic heterocycles. The third kappa shape index (κ3) is 4.68. The first-order valence-corrected chi connectivity index (χ1v) is 7.99. The summed E-state index contributed by atoms with van der Waals surface area (Å²) in [6, 6.07) is 9.91. The van der Waals surface area contributed by atoms with Gasteiger partial charge >= 0.3 is 0 Å². The van der Waals surface area contributed by atoms with Gasteiger partial charge in [-0.1, -0.05) is 60.7 Å². The quantitative estimate of drug-likeness (QED) is 0.873. The number of nitrogens with one attached hydrogen (secondary N) is 1. The molecule has 3 nitrogen and oxygen atoms in total. The Labute approximate surface area is 139 Å². The van der Waals surface area contributed by atoms with E-state index in [4.69, 9.17) is 0 Å². The molecule has 2 N–H and O–H groups in total. The maximum Gasteiger partial charge on any atom is 0.0912 e. The van der Waals surface area contributed by atoms with E-state index in [1.165, 1.54) is 5.57 Å². The summed E-state index contributed by atoms with van der Waals surface area (Å²) >= 11 is 0. The largest absolute Gasteiger partial charge is 0.389 e. The molecular formula is C20H26N2O. The van der Waals surface area contributed by atoms with Gasteiger partial charge in [-0.15, -0.1) is 0 Å². The second kappa shape index (κ2) is 8.51. The van der Waals surface area contributed by atoms with Gasteiger partial charge in [-0.05, 0) is 32.0 Å². The second-order valence-electron chi connectivity index (χ2n) is 5.85. The number of allylic oxidation sites excluding steroid dienone is 5. The first-order chi connectivity index (χ1) is 11.1. The molecule has 0 saturated carbocycles. The molecule has 2 atom stereocenters. The van der Waals surface area contributed by atoms with Crippen LogP contribution in [0.15, 0.2) is 78.7 Å². The molecule has 2 rings (SSSR count). The molecule has 1 aliphatic rings. The van der Waals surface area contributed by atoms with Gasteiger partial charge in [0.15, 0.2) is 0 Å². The molecule has 1 aromatic rings. The summed E-state index contributed by atoms with van der Waals surface area (Å²) in [5.74, 6) is 0. The highest BCUT2D eigenvalue weighted by molar-refractivity contribution is 5.29. The van der Waals surface area contributed by atoms with Gasteiger partial charge in [0.2, 0.25) is 0 Å². The first-order valence-electron chi connectivity index (χ1n) is 7.99. The van der Waals surface area contributed by atoms with Crippen LogP contribution >= 0.6 is 0 Å². The molecule has 23 heavy (non-hydrogen) atoms. The van der Waals surface area contributed by atoms with E-state index in [1.54, 1.807) is 0 Å². The van der Waals surface area contributed by atoms with E-state index in [1.807, 2.05) is 43.5 Å². The molecule has 0 saturated heterocycles. The number of aliphatic hydroxyl groups excluding tert-OH is 1. The fourth-order valence-corrected chi connectivity index (χ4v) is 2.76. The highest BCUT2D eigenvalue weighted by atomic mass is 16.3. The molecule has 1 heterocycles. The van der Waals surface area contributed by atoms with Gasteiger partial charge in [-0.2, -0.15) is 0 Å². The molecule has 0 amide bonds. The summed E-state index contributed by atoms with van der Waals surface area (Å²) in [6.45, 7) is 6.80. The molecule has 0 bridgehead atoms. The van der Waals surface area contributed by atoms with Gasteiger partial charge in [-0.3, -0.25) is 0 Å². The lowest BCUT2D eigenvalue weighted by molar-refractivity contribution is 0.0902. The normalized spacial score (nSPS) is 23.0. The summed E-state index contributed by atoms with van der Waals surface area (Å²) < 4.78 is 0. The Balaban J connectivity index is 2.45.